The fraction of sp³-hybridized carbons (Fsp3) is 0.353. The summed E-state index contributed by atoms with van der Waals surface area (Å²) in [5.74, 6) is 0. The average molecular weight is 584 g/mol. The van der Waals surface area contributed by atoms with Gasteiger partial charge in [-0.2, -0.15) is 0 Å². The molecule has 3 aromatic carbocycles. The summed E-state index contributed by atoms with van der Waals surface area (Å²) in [4.78, 5) is 27.5. The number of benzene rings is 3. The van der Waals surface area contributed by atoms with Crippen molar-refractivity contribution >= 4 is 8.80 Å². The molecule has 1 fully saturated rings. The summed E-state index contributed by atoms with van der Waals surface area (Å²) in [5.41, 5.74) is 1.34. The Morgan fingerprint density at radius 1 is 0.881 bits per heavy atom. The number of nitrogens with one attached hydrogen (secondary N) is 2. The molecule has 2 N–H and O–H groups in total. The van der Waals surface area contributed by atoms with E-state index in [1.165, 1.54) is 6.07 Å². The topological polar surface area (TPSA) is 85.4 Å². The highest BCUT2D eigenvalue weighted by Crippen LogP contribution is 2.41. The number of ether oxygens (including phenoxy) is 2. The molecule has 0 spiro atoms. The van der Waals surface area contributed by atoms with Crippen LogP contribution in [0.1, 0.15) is 43.9 Å². The third-order valence-electron chi connectivity index (χ3n) is 8.09. The third kappa shape index (κ3) is 5.85. The van der Waals surface area contributed by atoms with Gasteiger partial charge in [-0.15, -0.1) is 0 Å². The van der Waals surface area contributed by atoms with Crippen molar-refractivity contribution in [2.24, 2.45) is 0 Å². The highest BCUT2D eigenvalue weighted by atomic mass is 28.3. The van der Waals surface area contributed by atoms with Crippen LogP contribution in [0.4, 0.5) is 0 Å². The molecule has 3 atom stereocenters. The minimum atomic E-state index is -1.71. The normalized spacial score (nSPS) is 21.1. The van der Waals surface area contributed by atoms with Gasteiger partial charge in [-0.25, -0.2) is 4.79 Å². The lowest BCUT2D eigenvalue weighted by molar-refractivity contribution is -0.0991. The summed E-state index contributed by atoms with van der Waals surface area (Å²) in [6.45, 7) is 10.9. The van der Waals surface area contributed by atoms with E-state index in [1.807, 2.05) is 39.0 Å². The van der Waals surface area contributed by atoms with Crippen LogP contribution in [0.2, 0.25) is 13.1 Å². The molecule has 0 aliphatic carbocycles. The van der Waals surface area contributed by atoms with Crippen molar-refractivity contribution in [3.8, 4) is 0 Å². The van der Waals surface area contributed by atoms with Crippen molar-refractivity contribution in [1.82, 2.24) is 14.9 Å². The number of aromatic amines is 1. The SMILES string of the molecule is C[SiH](C)[C@]1(n2ccc(=O)[nH]c2=O)C[C@H](OC(C)(C)C)[C@@H](CNC(c2ccccc2)(c2ccccc2)c2ccccc2)O1. The van der Waals surface area contributed by atoms with E-state index in [-0.39, 0.29) is 12.2 Å². The zero-order chi connectivity index (χ0) is 30.0. The van der Waals surface area contributed by atoms with Crippen LogP contribution in [0.15, 0.2) is 113 Å². The maximum Gasteiger partial charge on any atom is 0.330 e. The fourth-order valence-corrected chi connectivity index (χ4v) is 8.11. The van der Waals surface area contributed by atoms with E-state index < -0.39 is 36.5 Å². The molecular weight excluding hydrogens is 542 g/mol. The fourth-order valence-electron chi connectivity index (χ4n) is 6.20. The molecule has 0 amide bonds. The molecule has 2 heterocycles. The Balaban J connectivity index is 1.61. The summed E-state index contributed by atoms with van der Waals surface area (Å²) < 4.78 is 15.2. The smallest absolute Gasteiger partial charge is 0.330 e. The molecule has 1 saturated heterocycles. The molecule has 1 aromatic heterocycles. The first-order chi connectivity index (χ1) is 20.0. The lowest BCUT2D eigenvalue weighted by atomic mass is 9.77. The molecule has 0 radical (unpaired) electrons. The molecule has 8 heteroatoms. The minimum Gasteiger partial charge on any atom is -0.370 e. The highest BCUT2D eigenvalue weighted by molar-refractivity contribution is 6.58. The summed E-state index contributed by atoms with van der Waals surface area (Å²) in [6.07, 6.45) is 1.43. The minimum absolute atomic E-state index is 0.286. The number of rotatable bonds is 9. The van der Waals surface area contributed by atoms with Gasteiger partial charge in [-0.05, 0) is 37.5 Å². The van der Waals surface area contributed by atoms with Crippen molar-refractivity contribution in [2.45, 2.75) is 69.0 Å². The number of aromatic nitrogens is 2. The summed E-state index contributed by atoms with van der Waals surface area (Å²) in [6, 6.07) is 32.7. The molecule has 7 nitrogen and oxygen atoms in total. The van der Waals surface area contributed by atoms with Gasteiger partial charge in [0.25, 0.3) is 5.56 Å². The van der Waals surface area contributed by atoms with Crippen LogP contribution in [0, 0.1) is 0 Å². The summed E-state index contributed by atoms with van der Waals surface area (Å²) >= 11 is 0. The quantitative estimate of drug-likeness (QED) is 0.219. The molecule has 0 unspecified atom stereocenters. The zero-order valence-electron chi connectivity index (χ0n) is 25.0. The van der Waals surface area contributed by atoms with Crippen LogP contribution in [-0.2, 0) is 20.4 Å². The van der Waals surface area contributed by atoms with E-state index in [0.29, 0.717) is 13.0 Å². The monoisotopic (exact) mass is 583 g/mol. The van der Waals surface area contributed by atoms with Gasteiger partial charge < -0.3 is 9.47 Å². The molecule has 42 heavy (non-hydrogen) atoms. The standard InChI is InChI=1S/C34H41N3O4Si/c1-32(2,3)40-28-23-33(42(4)5,37-22-21-30(38)36-31(37)39)41-29(28)24-35-34(25-15-9-6-10-16-25,26-17-11-7-12-18-26)27-19-13-8-14-20-27/h6-22,28-29,35,42H,23-24H2,1-5H3,(H,36,38,39)/t28-,29+,33-/m0/s1. The molecule has 0 bridgehead atoms. The van der Waals surface area contributed by atoms with Crippen LogP contribution in [0.25, 0.3) is 0 Å². The molecular formula is C34H41N3O4Si. The van der Waals surface area contributed by atoms with E-state index in [4.69, 9.17) is 9.47 Å². The van der Waals surface area contributed by atoms with Gasteiger partial charge >= 0.3 is 5.69 Å². The van der Waals surface area contributed by atoms with Crippen LogP contribution in [0.3, 0.4) is 0 Å². The second-order valence-electron chi connectivity index (χ2n) is 12.3. The van der Waals surface area contributed by atoms with Crippen LogP contribution in [-0.4, -0.2) is 42.7 Å². The van der Waals surface area contributed by atoms with Gasteiger partial charge in [0.05, 0.1) is 32.1 Å². The average Bonchev–Trinajstić information content (AvgIpc) is 3.32. The predicted molar refractivity (Wildman–Crippen MR) is 170 cm³/mol. The number of hydrogen-bond acceptors (Lipinski definition) is 5. The van der Waals surface area contributed by atoms with Crippen molar-refractivity contribution in [3.05, 3.63) is 141 Å². The first-order valence-corrected chi connectivity index (χ1v) is 17.5. The van der Waals surface area contributed by atoms with Crippen LogP contribution in [0.5, 0.6) is 0 Å². The Morgan fingerprint density at radius 2 is 1.38 bits per heavy atom. The Morgan fingerprint density at radius 3 is 1.81 bits per heavy atom. The van der Waals surface area contributed by atoms with Gasteiger partial charge in [0.15, 0.2) is 0 Å². The molecule has 220 valence electrons. The van der Waals surface area contributed by atoms with Gasteiger partial charge in [-0.1, -0.05) is 104 Å². The van der Waals surface area contributed by atoms with E-state index in [2.05, 4.69) is 96.2 Å². The molecule has 0 saturated carbocycles. The Hall–Kier alpha value is -3.56. The van der Waals surface area contributed by atoms with E-state index in [0.717, 1.165) is 16.7 Å². The Kier molecular flexibility index (Phi) is 8.53. The number of hydrogen-bond donors (Lipinski definition) is 2. The van der Waals surface area contributed by atoms with Gasteiger partial charge in [0.1, 0.15) is 5.35 Å². The second kappa shape index (κ2) is 12.0. The maximum absolute atomic E-state index is 13.1. The Labute approximate surface area is 249 Å². The highest BCUT2D eigenvalue weighted by Gasteiger charge is 2.52. The molecule has 1 aliphatic heterocycles. The van der Waals surface area contributed by atoms with Gasteiger partial charge in [0, 0.05) is 25.2 Å². The number of H-pyrrole nitrogens is 1. The number of nitrogens with zero attached hydrogens (tertiary/aromatic N) is 1. The van der Waals surface area contributed by atoms with E-state index in [1.54, 1.807) is 10.8 Å². The van der Waals surface area contributed by atoms with Gasteiger partial charge in [0.2, 0.25) is 0 Å². The van der Waals surface area contributed by atoms with Crippen molar-refractivity contribution in [3.63, 3.8) is 0 Å². The summed E-state index contributed by atoms with van der Waals surface area (Å²) in [7, 11) is -1.71. The van der Waals surface area contributed by atoms with Gasteiger partial charge in [-0.3, -0.25) is 19.7 Å². The third-order valence-corrected chi connectivity index (χ3v) is 10.5. The van der Waals surface area contributed by atoms with Crippen molar-refractivity contribution < 1.29 is 9.47 Å². The van der Waals surface area contributed by atoms with Crippen LogP contribution >= 0.6 is 0 Å². The zero-order valence-corrected chi connectivity index (χ0v) is 26.2. The second-order valence-corrected chi connectivity index (χ2v) is 15.5. The largest absolute Gasteiger partial charge is 0.370 e. The van der Waals surface area contributed by atoms with Crippen molar-refractivity contribution in [1.29, 1.82) is 0 Å². The molecule has 4 aromatic rings. The lowest BCUT2D eigenvalue weighted by Crippen LogP contribution is -2.53. The van der Waals surface area contributed by atoms with Crippen molar-refractivity contribution in [2.75, 3.05) is 6.54 Å². The predicted octanol–water partition coefficient (Wildman–Crippen LogP) is 4.77. The van der Waals surface area contributed by atoms with Crippen LogP contribution < -0.4 is 16.6 Å². The van der Waals surface area contributed by atoms with E-state index in [9.17, 15) is 9.59 Å². The first-order valence-electron chi connectivity index (χ1n) is 14.6. The molecule has 5 rings (SSSR count). The molecule has 1 aliphatic rings. The Bertz CT molecular complexity index is 1490. The first kappa shape index (κ1) is 29.9. The lowest BCUT2D eigenvalue weighted by Gasteiger charge is -2.39. The maximum atomic E-state index is 13.1. The van der Waals surface area contributed by atoms with E-state index >= 15 is 0 Å². The summed E-state index contributed by atoms with van der Waals surface area (Å²) in [5, 5.41) is 3.09.